The number of piperidine rings is 3. The molecule has 4 heteroatoms. The van der Waals surface area contributed by atoms with Crippen molar-refractivity contribution in [2.45, 2.75) is 31.8 Å². The van der Waals surface area contributed by atoms with E-state index in [0.717, 1.165) is 30.7 Å². The van der Waals surface area contributed by atoms with Gasteiger partial charge in [0.2, 0.25) is 0 Å². The summed E-state index contributed by atoms with van der Waals surface area (Å²) in [6.45, 7) is 3.12. The third-order valence-electron chi connectivity index (χ3n) is 6.47. The van der Waals surface area contributed by atoms with Crippen LogP contribution >= 0.6 is 0 Å². The highest BCUT2D eigenvalue weighted by Crippen LogP contribution is 2.53. The van der Waals surface area contributed by atoms with Crippen molar-refractivity contribution in [1.29, 1.82) is 0 Å². The molecule has 5 heterocycles. The van der Waals surface area contributed by atoms with Crippen LogP contribution in [0.5, 0.6) is 5.75 Å². The number of methoxy groups -OCH3 is 1. The second-order valence-corrected chi connectivity index (χ2v) is 7.31. The fourth-order valence-electron chi connectivity index (χ4n) is 5.33. The Morgan fingerprint density at radius 1 is 1.38 bits per heavy atom. The van der Waals surface area contributed by atoms with Crippen molar-refractivity contribution in [2.24, 2.45) is 11.8 Å². The second-order valence-electron chi connectivity index (χ2n) is 7.31. The maximum atomic E-state index is 11.8. The van der Waals surface area contributed by atoms with Gasteiger partial charge in [0.15, 0.2) is 0 Å². The molecule has 4 aliphatic heterocycles. The topological polar surface area (TPSA) is 45.3 Å². The van der Waals surface area contributed by atoms with Crippen LogP contribution in [0, 0.1) is 11.8 Å². The highest BCUT2D eigenvalue weighted by Gasteiger charge is 2.52. The summed E-state index contributed by atoms with van der Waals surface area (Å²) in [7, 11) is 1.70. The standard InChI is InChI=1S/C20H22N2O2/c1-3-11-9-22-18-8-15-13-5-4-12(24-2)6-17(13)21-20(15)19(22)7-14(11)16(18)10-23/h3-6,10,14,16,18-19,21H,7-9H2,1-2H3/b11-3-/t14?,16?,18-,19-/m0/s1. The van der Waals surface area contributed by atoms with E-state index in [1.54, 1.807) is 7.11 Å². The minimum Gasteiger partial charge on any atom is -0.497 e. The number of carbonyl (C=O) groups is 1. The molecule has 24 heavy (non-hydrogen) atoms. The molecule has 2 aromatic rings. The zero-order valence-corrected chi connectivity index (χ0v) is 14.1. The summed E-state index contributed by atoms with van der Waals surface area (Å²) in [5.74, 6) is 1.44. The van der Waals surface area contributed by atoms with Gasteiger partial charge in [0.1, 0.15) is 12.0 Å². The average molecular weight is 322 g/mol. The molecule has 124 valence electrons. The summed E-state index contributed by atoms with van der Waals surface area (Å²) in [5.41, 5.74) is 5.37. The molecule has 0 amide bonds. The van der Waals surface area contributed by atoms with Crippen molar-refractivity contribution in [3.63, 3.8) is 0 Å². The largest absolute Gasteiger partial charge is 0.497 e. The Morgan fingerprint density at radius 2 is 2.25 bits per heavy atom. The van der Waals surface area contributed by atoms with Gasteiger partial charge >= 0.3 is 0 Å². The maximum absolute atomic E-state index is 11.8. The summed E-state index contributed by atoms with van der Waals surface area (Å²) in [5, 5.41) is 1.29. The van der Waals surface area contributed by atoms with E-state index in [1.807, 2.05) is 6.07 Å². The quantitative estimate of drug-likeness (QED) is 0.682. The van der Waals surface area contributed by atoms with E-state index in [4.69, 9.17) is 4.74 Å². The van der Waals surface area contributed by atoms with E-state index in [2.05, 4.69) is 35.0 Å². The lowest BCUT2D eigenvalue weighted by Crippen LogP contribution is -2.60. The van der Waals surface area contributed by atoms with Crippen molar-refractivity contribution >= 4 is 17.2 Å². The fourth-order valence-corrected chi connectivity index (χ4v) is 5.33. The molecule has 6 rings (SSSR count). The third-order valence-corrected chi connectivity index (χ3v) is 6.47. The number of hydrogen-bond donors (Lipinski definition) is 1. The first-order chi connectivity index (χ1) is 11.7. The van der Waals surface area contributed by atoms with Crippen molar-refractivity contribution in [3.05, 3.63) is 41.1 Å². The molecular weight excluding hydrogens is 300 g/mol. The van der Waals surface area contributed by atoms with Crippen molar-refractivity contribution in [2.75, 3.05) is 13.7 Å². The van der Waals surface area contributed by atoms with Gasteiger partial charge in [-0.1, -0.05) is 11.6 Å². The van der Waals surface area contributed by atoms with Crippen molar-refractivity contribution in [1.82, 2.24) is 9.88 Å². The van der Waals surface area contributed by atoms with Crippen molar-refractivity contribution in [3.8, 4) is 5.75 Å². The Balaban J connectivity index is 1.67. The zero-order valence-electron chi connectivity index (χ0n) is 14.1. The molecule has 0 spiro atoms. The lowest BCUT2D eigenvalue weighted by molar-refractivity contribution is -0.121. The molecule has 3 unspecified atom stereocenters. The van der Waals surface area contributed by atoms with Crippen LogP contribution in [0.15, 0.2) is 29.8 Å². The number of aldehydes is 1. The molecule has 0 aliphatic carbocycles. The van der Waals surface area contributed by atoms with E-state index in [-0.39, 0.29) is 5.92 Å². The Bertz CT molecular complexity index is 866. The van der Waals surface area contributed by atoms with Gasteiger partial charge in [0.05, 0.1) is 13.2 Å². The van der Waals surface area contributed by atoms with Crippen LogP contribution in [0.25, 0.3) is 10.9 Å². The number of benzene rings is 1. The number of allylic oxidation sites excluding steroid dienone is 1. The zero-order chi connectivity index (χ0) is 16.4. The van der Waals surface area contributed by atoms with Gasteiger partial charge in [0, 0.05) is 41.2 Å². The number of nitrogens with zero attached hydrogens (tertiary/aromatic N) is 1. The summed E-state index contributed by atoms with van der Waals surface area (Å²) < 4.78 is 5.37. The molecule has 0 radical (unpaired) electrons. The number of fused-ring (bicyclic) bond motifs is 4. The smallest absolute Gasteiger partial charge is 0.125 e. The summed E-state index contributed by atoms with van der Waals surface area (Å²) in [4.78, 5) is 18.1. The minimum atomic E-state index is 0.137. The second kappa shape index (κ2) is 4.96. The number of H-pyrrole nitrogens is 1. The number of hydrogen-bond acceptors (Lipinski definition) is 3. The van der Waals surface area contributed by atoms with Crippen LogP contribution in [-0.2, 0) is 11.2 Å². The van der Waals surface area contributed by atoms with E-state index >= 15 is 0 Å². The molecule has 3 saturated heterocycles. The highest BCUT2D eigenvalue weighted by atomic mass is 16.5. The number of ether oxygens (including phenoxy) is 1. The molecule has 5 atom stereocenters. The first-order valence-corrected chi connectivity index (χ1v) is 8.79. The van der Waals surface area contributed by atoms with Crippen LogP contribution < -0.4 is 4.74 Å². The molecule has 4 aliphatic rings. The van der Waals surface area contributed by atoms with E-state index in [0.29, 0.717) is 18.0 Å². The number of nitrogens with one attached hydrogen (secondary N) is 1. The van der Waals surface area contributed by atoms with Gasteiger partial charge in [-0.05, 0) is 43.4 Å². The lowest BCUT2D eigenvalue weighted by Gasteiger charge is -2.57. The van der Waals surface area contributed by atoms with Crippen LogP contribution in [-0.4, -0.2) is 35.9 Å². The number of aromatic nitrogens is 1. The third kappa shape index (κ3) is 1.69. The summed E-state index contributed by atoms with van der Waals surface area (Å²) in [6.07, 6.45) is 5.45. The molecule has 0 saturated carbocycles. The Hall–Kier alpha value is -2.07. The molecule has 3 fully saturated rings. The van der Waals surface area contributed by atoms with Gasteiger partial charge < -0.3 is 14.5 Å². The van der Waals surface area contributed by atoms with E-state index in [1.165, 1.54) is 28.5 Å². The van der Waals surface area contributed by atoms with E-state index in [9.17, 15) is 4.79 Å². The van der Waals surface area contributed by atoms with Gasteiger partial charge in [-0.15, -0.1) is 0 Å². The van der Waals surface area contributed by atoms with Gasteiger partial charge in [-0.3, -0.25) is 4.90 Å². The molecule has 1 N–H and O–H groups in total. The van der Waals surface area contributed by atoms with Gasteiger partial charge in [0.25, 0.3) is 0 Å². The number of aromatic amines is 1. The van der Waals surface area contributed by atoms with Crippen LogP contribution in [0.4, 0.5) is 0 Å². The van der Waals surface area contributed by atoms with Crippen LogP contribution in [0.3, 0.4) is 0 Å². The predicted octanol–water partition coefficient (Wildman–Crippen LogP) is 3.24. The Labute approximate surface area is 141 Å². The normalized spacial score (nSPS) is 35.2. The highest BCUT2D eigenvalue weighted by molar-refractivity contribution is 5.86. The summed E-state index contributed by atoms with van der Waals surface area (Å²) in [6, 6.07) is 7.04. The fraction of sp³-hybridized carbons (Fsp3) is 0.450. The van der Waals surface area contributed by atoms with Crippen molar-refractivity contribution < 1.29 is 9.53 Å². The first-order valence-electron chi connectivity index (χ1n) is 8.79. The Morgan fingerprint density at radius 3 is 3.00 bits per heavy atom. The minimum absolute atomic E-state index is 0.137. The average Bonchev–Trinajstić information content (AvgIpc) is 2.99. The molecular formula is C20H22N2O2. The van der Waals surface area contributed by atoms with Gasteiger partial charge in [-0.25, -0.2) is 0 Å². The monoisotopic (exact) mass is 322 g/mol. The first kappa shape index (κ1) is 14.3. The lowest BCUT2D eigenvalue weighted by atomic mass is 9.64. The van der Waals surface area contributed by atoms with E-state index < -0.39 is 0 Å². The van der Waals surface area contributed by atoms with Gasteiger partial charge in [-0.2, -0.15) is 0 Å². The molecule has 4 bridgehead atoms. The van der Waals surface area contributed by atoms with Crippen LogP contribution in [0.2, 0.25) is 0 Å². The SMILES string of the molecule is C/C=C1/CN2[C@H]3CC1C(C=O)[C@@H]2Cc1c3[nH]c2cc(OC)ccc12. The Kier molecular flexibility index (Phi) is 2.95. The number of rotatable bonds is 2. The molecule has 4 nitrogen and oxygen atoms in total. The van der Waals surface area contributed by atoms with Crippen LogP contribution in [0.1, 0.15) is 30.6 Å². The maximum Gasteiger partial charge on any atom is 0.125 e. The molecule has 1 aromatic carbocycles. The summed E-state index contributed by atoms with van der Waals surface area (Å²) >= 11 is 0. The molecule has 1 aromatic heterocycles. The predicted molar refractivity (Wildman–Crippen MR) is 93.2 cm³/mol. The number of carbonyl (C=O) groups excluding carboxylic acids is 1.